The molecule has 4 unspecified atom stereocenters. The van der Waals surface area contributed by atoms with Gasteiger partial charge in [-0.05, 0) is 284 Å². The van der Waals surface area contributed by atoms with E-state index in [0.29, 0.717) is 0 Å². The predicted octanol–water partition coefficient (Wildman–Crippen LogP) is 33.5. The van der Waals surface area contributed by atoms with Crippen LogP contribution >= 0.6 is 11.8 Å². The third kappa shape index (κ3) is 61.2. The molecule has 1 N–H and O–H groups in total. The van der Waals surface area contributed by atoms with E-state index in [-0.39, 0.29) is 11.6 Å². The van der Waals surface area contributed by atoms with E-state index < -0.39 is 0 Å². The predicted molar refractivity (Wildman–Crippen MR) is 565 cm³/mol. The highest BCUT2D eigenvalue weighted by atomic mass is 32.2. The average Bonchev–Trinajstić information content (AvgIpc) is 1.63. The second kappa shape index (κ2) is 78.4. The highest BCUT2D eigenvalue weighted by Gasteiger charge is 2.34. The number of rotatable bonds is 0. The lowest BCUT2D eigenvalue weighted by atomic mass is 9.65. The number of ether oxygens (including phenoxy) is 1. The van der Waals surface area contributed by atoms with Gasteiger partial charge in [-0.25, -0.2) is 0 Å². The van der Waals surface area contributed by atoms with Crippen molar-refractivity contribution in [2.24, 2.45) is 106 Å². The highest BCUT2D eigenvalue weighted by Crippen LogP contribution is 2.47. The Kier molecular flexibility index (Phi) is 65.6. The fraction of sp³-hybridized carbons (Fsp3) is 0.581. The molecule has 0 radical (unpaired) electrons. The number of fused-ring (bicyclic) bond motifs is 12. The molecule has 8 aliphatic heterocycles. The monoisotopic (exact) mass is 1770 g/mol. The fourth-order valence-corrected chi connectivity index (χ4v) is 20.5. The summed E-state index contributed by atoms with van der Waals surface area (Å²) in [4.78, 5) is 32.0. The molecule has 28 aliphatic rings. The van der Waals surface area contributed by atoms with Gasteiger partial charge in [0.05, 0.1) is 19.1 Å². The lowest BCUT2D eigenvalue weighted by Crippen LogP contribution is -2.28. The van der Waals surface area contributed by atoms with Crippen molar-refractivity contribution in [1.82, 2.24) is 5.32 Å². The molecule has 0 spiro atoms. The Labute approximate surface area is 790 Å². The highest BCUT2D eigenvalue weighted by molar-refractivity contribution is 8.04. The minimum atomic E-state index is -0.121. The van der Waals surface area contributed by atoms with Crippen molar-refractivity contribution in [3.05, 3.63) is 243 Å². The Balaban J connectivity index is 0.000000186. The lowest BCUT2D eigenvalue weighted by Gasteiger charge is -2.40. The standard InChI is InChI=1S/2C9H16.2C8H14.2C7H12.C6H4O2.C6H10.4C6H8.C5H7N.C5H6O.C5H6S.3C4H5N.2C3H4N2/c2*1-3-8-5-2-6-9(4-1)7-8;2*1-2-7-4-5-8(3-1)6-7;2*1-2-6-4-7(3-1)5-6;7-5-1-2-6(8)4-3-5;8*1-2-4-6-5-3-1;5*1-2-4-5-3-1/h2*8-9H,1-7H2;2*7-8H,1-6H2;2*6-7H,1-5H2;1-4H;1-2H,3-6H2;2*1-2,5-6H,3-4H2;2*1-4H,5-6H2;2-6H,1H2;2*2-5H,1H2;2*1,3-4H,2H2;1-3H,4H2;2*2-3H,1H2. The first kappa shape index (κ1) is 108. The Morgan fingerprint density at radius 2 is 0.550 bits per heavy atom. The summed E-state index contributed by atoms with van der Waals surface area (Å²) >= 11 is 1.73. The number of dihydropyridines is 1. The van der Waals surface area contributed by atoms with Gasteiger partial charge in [0, 0.05) is 81.6 Å². The van der Waals surface area contributed by atoms with Crippen LogP contribution in [-0.4, -0.2) is 61.6 Å². The zero-order valence-corrected chi connectivity index (χ0v) is 80.7. The summed E-state index contributed by atoms with van der Waals surface area (Å²) in [5.74, 6) is 13.7. The Morgan fingerprint density at radius 1 is 0.256 bits per heavy atom. The summed E-state index contributed by atoms with van der Waals surface area (Å²) in [6.45, 7) is 0.889. The van der Waals surface area contributed by atoms with Gasteiger partial charge >= 0.3 is 0 Å². The molecule has 4 atom stereocenters. The number of hydrogen-bond donors (Lipinski definition) is 1. The number of allylic oxidation sites excluding steroid dienone is 31. The molecule has 0 amide bonds. The van der Waals surface area contributed by atoms with Crippen molar-refractivity contribution in [2.75, 3.05) is 6.54 Å². The van der Waals surface area contributed by atoms with Crippen molar-refractivity contribution in [3.8, 4) is 0 Å². The van der Waals surface area contributed by atoms with Crippen LogP contribution in [0.15, 0.2) is 278 Å². The van der Waals surface area contributed by atoms with E-state index in [1.54, 1.807) is 248 Å². The number of thioether (sulfide) groups is 1. The first-order valence-electron chi connectivity index (χ1n) is 51.8. The van der Waals surface area contributed by atoms with Gasteiger partial charge in [-0.3, -0.25) is 24.6 Å². The van der Waals surface area contributed by atoms with Gasteiger partial charge in [0.1, 0.15) is 0 Å². The van der Waals surface area contributed by atoms with E-state index in [4.69, 9.17) is 4.74 Å². The molecule has 11 nitrogen and oxygen atoms in total. The number of nitrogens with one attached hydrogen (secondary N) is 1. The van der Waals surface area contributed by atoms with Crippen LogP contribution in [0.2, 0.25) is 0 Å². The van der Waals surface area contributed by atoms with Crippen LogP contribution in [0, 0.1) is 71.0 Å². The molecule has 0 aromatic heterocycles. The largest absolute Gasteiger partial charge is 0.473 e. The van der Waals surface area contributed by atoms with Crippen molar-refractivity contribution < 1.29 is 14.3 Å². The van der Waals surface area contributed by atoms with Crippen LogP contribution in [-0.2, 0) is 14.3 Å². The molecule has 14 saturated carbocycles. The minimum Gasteiger partial charge on any atom is -0.473 e. The van der Waals surface area contributed by atoms with Gasteiger partial charge in [0.15, 0.2) is 11.6 Å². The van der Waals surface area contributed by atoms with Gasteiger partial charge in [-0.2, -0.15) is 20.4 Å². The molecule has 20 aliphatic carbocycles. The first-order valence-corrected chi connectivity index (χ1v) is 52.8. The van der Waals surface area contributed by atoms with Crippen LogP contribution in [0.3, 0.4) is 0 Å². The maximum Gasteiger partial charge on any atom is 0.178 e. The summed E-state index contributed by atoms with van der Waals surface area (Å²) in [5, 5.41) is 21.2. The molecule has 0 aromatic carbocycles. The van der Waals surface area contributed by atoms with Gasteiger partial charge < -0.3 is 10.1 Å². The lowest BCUT2D eigenvalue weighted by molar-refractivity contribution is -0.113. The maximum absolute atomic E-state index is 10.3. The molecule has 12 heteroatoms. The number of ketones is 2. The summed E-state index contributed by atoms with van der Waals surface area (Å²) in [5.41, 5.74) is 0. The van der Waals surface area contributed by atoms with Crippen LogP contribution < -0.4 is 5.32 Å². The van der Waals surface area contributed by atoms with Crippen molar-refractivity contribution in [1.29, 1.82) is 0 Å². The van der Waals surface area contributed by atoms with E-state index in [2.05, 4.69) is 185 Å². The smallest absolute Gasteiger partial charge is 0.178 e. The number of carbonyl (C=O) groups excluding carboxylic acids is 2. The maximum atomic E-state index is 10.3. The van der Waals surface area contributed by atoms with Crippen LogP contribution in [0.4, 0.5) is 0 Å². The molecular formula is C117H172N8O3S. The second-order valence-electron chi connectivity index (χ2n) is 37.8. The number of carbonyl (C=O) groups is 2. The molecule has 14 fully saturated rings. The van der Waals surface area contributed by atoms with Crippen LogP contribution in [0.1, 0.15) is 353 Å². The minimum absolute atomic E-state index is 0.121. The molecule has 704 valence electrons. The third-order valence-corrected chi connectivity index (χ3v) is 27.7. The first-order chi connectivity index (χ1) is 64.0. The number of aliphatic imine (C=N–C) groups is 3. The average molecular weight is 1770 g/mol. The Morgan fingerprint density at radius 3 is 0.682 bits per heavy atom. The zero-order chi connectivity index (χ0) is 90.0. The Hall–Kier alpha value is -8.22. The topological polar surface area (TPSA) is 142 Å². The van der Waals surface area contributed by atoms with Gasteiger partial charge in [-0.1, -0.05) is 332 Å². The number of nitrogens with zero attached hydrogens (tertiary/aromatic N) is 7. The molecule has 129 heavy (non-hydrogen) atoms. The molecule has 8 heterocycles. The molecule has 28 rings (SSSR count). The van der Waals surface area contributed by atoms with Crippen LogP contribution in [0.25, 0.3) is 0 Å². The summed E-state index contributed by atoms with van der Waals surface area (Å²) < 4.78 is 4.71. The van der Waals surface area contributed by atoms with E-state index in [1.807, 2.05) is 61.3 Å². The molecule has 12 bridgehead atoms. The molecular weight excluding hydrogens is 1600 g/mol. The zero-order valence-electron chi connectivity index (χ0n) is 79.9. The van der Waals surface area contributed by atoms with E-state index in [0.717, 1.165) is 125 Å². The van der Waals surface area contributed by atoms with Crippen LogP contribution in [0.5, 0.6) is 0 Å². The summed E-state index contributed by atoms with van der Waals surface area (Å²) in [6, 6.07) is 0. The third-order valence-electron chi connectivity index (χ3n) is 27.0. The molecule has 0 saturated heterocycles. The normalized spacial score (nSPS) is 28.2. The molecule has 0 aromatic rings. The summed E-state index contributed by atoms with van der Waals surface area (Å²) in [6.07, 6.45) is 166. The quantitative estimate of drug-likeness (QED) is 0.190. The van der Waals surface area contributed by atoms with Gasteiger partial charge in [-0.15, -0.1) is 11.8 Å². The number of hydrogen-bond acceptors (Lipinski definition) is 12. The van der Waals surface area contributed by atoms with Crippen molar-refractivity contribution in [2.45, 2.75) is 353 Å². The Bertz CT molecular complexity index is 3090. The van der Waals surface area contributed by atoms with E-state index in [1.165, 1.54) is 151 Å². The second-order valence-corrected chi connectivity index (χ2v) is 38.6. The summed E-state index contributed by atoms with van der Waals surface area (Å²) in [7, 11) is 0. The van der Waals surface area contributed by atoms with Crippen molar-refractivity contribution in [3.63, 3.8) is 0 Å². The van der Waals surface area contributed by atoms with E-state index >= 15 is 0 Å². The fourth-order valence-electron chi connectivity index (χ4n) is 20.0. The van der Waals surface area contributed by atoms with Gasteiger partial charge in [0.25, 0.3) is 0 Å². The van der Waals surface area contributed by atoms with Gasteiger partial charge in [0.2, 0.25) is 0 Å². The SMILES string of the molecule is C1=CCC=CC1.C1=CCC=CC1.C1=CCCC=C1.C1=CCCC=C1.C1=CCCCC1.C1=CCN=C1.C1=CN=CC1.C1=CN=CC1.C1=CNC=CC1.C1=COC=CC1.C1=CSC=CC1.C1=NN=CC1.C1=NN=CC1.C1CC2CC(C1)C2.C1CC2CC(C1)C2.C1CC2CCC(C1)C2.C1CC2CCC(C1)C2.C1CC2CCCC(C1)C2.C1CC2CCCC(C1)C2.O=C1C=CC(=O)C=C1. The van der Waals surface area contributed by atoms with Crippen molar-refractivity contribution >= 4 is 66.8 Å². The van der Waals surface area contributed by atoms with E-state index in [9.17, 15) is 9.59 Å².